The number of H-pyrrole nitrogens is 1. The van der Waals surface area contributed by atoms with Crippen LogP contribution in [0.25, 0.3) is 10.9 Å². The first-order chi connectivity index (χ1) is 23.6. The number of rotatable bonds is 14. The fourth-order valence-electron chi connectivity index (χ4n) is 6.31. The lowest BCUT2D eigenvalue weighted by molar-refractivity contribution is -0.0907. The maximum absolute atomic E-state index is 14.1. The van der Waals surface area contributed by atoms with Crippen molar-refractivity contribution in [3.05, 3.63) is 59.7 Å². The second kappa shape index (κ2) is 15.2. The van der Waals surface area contributed by atoms with Gasteiger partial charge in [-0.15, -0.1) is 0 Å². The highest BCUT2D eigenvalue weighted by Gasteiger charge is 2.44. The molecule has 5 atom stereocenters. The molecule has 14 nitrogen and oxygen atoms in total. The lowest BCUT2D eigenvalue weighted by atomic mass is 10.0. The number of nitrogens with zero attached hydrogens (tertiary/aromatic N) is 4. The predicted molar refractivity (Wildman–Crippen MR) is 184 cm³/mol. The fourth-order valence-corrected chi connectivity index (χ4v) is 7.95. The van der Waals surface area contributed by atoms with E-state index in [-0.39, 0.29) is 61.2 Å². The number of carbonyl (C=O) groups is 1. The Bertz CT molecular complexity index is 1800. The number of sulfonamides is 1. The Hall–Kier alpha value is -4.15. The van der Waals surface area contributed by atoms with Gasteiger partial charge in [-0.05, 0) is 36.5 Å². The van der Waals surface area contributed by atoms with Gasteiger partial charge in [0.05, 0.1) is 53.8 Å². The van der Waals surface area contributed by atoms with E-state index in [4.69, 9.17) is 14.2 Å². The smallest absolute Gasteiger partial charge is 0.407 e. The topological polar surface area (TPSA) is 188 Å². The first-order valence-corrected chi connectivity index (χ1v) is 17.8. The van der Waals surface area contributed by atoms with E-state index in [1.807, 2.05) is 44.2 Å². The van der Waals surface area contributed by atoms with Gasteiger partial charge in [0.2, 0.25) is 10.0 Å². The summed E-state index contributed by atoms with van der Waals surface area (Å²) in [6.45, 7) is 4.65. The minimum absolute atomic E-state index is 0.0197. The average Bonchev–Trinajstić information content (AvgIpc) is 3.88. The van der Waals surface area contributed by atoms with Crippen LogP contribution in [0, 0.1) is 11.8 Å². The third-order valence-electron chi connectivity index (χ3n) is 8.77. The van der Waals surface area contributed by atoms with Crippen LogP contribution >= 0.6 is 0 Å². The zero-order valence-corrected chi connectivity index (χ0v) is 28.2. The van der Waals surface area contributed by atoms with E-state index in [0.717, 1.165) is 12.0 Å². The van der Waals surface area contributed by atoms with Crippen LogP contribution in [0.5, 0.6) is 5.88 Å². The minimum Gasteiger partial charge on any atom is -0.494 e. The number of alkyl carbamates (subject to hydrolysis) is 1. The van der Waals surface area contributed by atoms with Gasteiger partial charge in [0.1, 0.15) is 6.10 Å². The lowest BCUT2D eigenvalue weighted by Gasteiger charge is -2.31. The van der Waals surface area contributed by atoms with Crippen LogP contribution in [0.15, 0.2) is 68.4 Å². The molecule has 6 rings (SSSR count). The maximum Gasteiger partial charge on any atom is 0.407 e. The van der Waals surface area contributed by atoms with Crippen LogP contribution in [0.2, 0.25) is 0 Å². The monoisotopic (exact) mass is 694 g/mol. The maximum atomic E-state index is 14.1. The highest BCUT2D eigenvalue weighted by Crippen LogP contribution is 2.33. The standard InChI is InChI=1S/C34H42N6O8S/c1-21(2)18-40(49(44,45)23-8-9-24-26(32(42)38-27(24)15-23)16-35-17-31-36-11-12-37-31)19-29(41)28(14-22-6-4-3-5-7-22)39-34(43)48-30-20-47-33-25(30)10-13-46-33/h3-9,11-12,15-16,21,25,28-31,33,38,41-42H,10,13-14,17-20H2,1-2H3,(H,39,43)/t25-,28+,29-,30+,33+/m1/s1. The largest absolute Gasteiger partial charge is 0.494 e. The third kappa shape index (κ3) is 8.19. The molecule has 4 heterocycles. The van der Waals surface area contributed by atoms with Gasteiger partial charge in [-0.3, -0.25) is 15.0 Å². The molecule has 1 amide bonds. The van der Waals surface area contributed by atoms with Crippen LogP contribution in [-0.4, -0.2) is 116 Å². The molecular weight excluding hydrogens is 652 g/mol. The second-order valence-electron chi connectivity index (χ2n) is 12.9. The quantitative estimate of drug-likeness (QED) is 0.186. The number of carbonyl (C=O) groups excluding carboxylic acids is 1. The van der Waals surface area contributed by atoms with E-state index in [9.17, 15) is 23.4 Å². The number of aromatic hydroxyl groups is 1. The molecule has 2 saturated heterocycles. The van der Waals surface area contributed by atoms with Crippen molar-refractivity contribution in [3.8, 4) is 5.88 Å². The van der Waals surface area contributed by atoms with Crippen LogP contribution in [0.4, 0.5) is 4.79 Å². The molecule has 4 N–H and O–H groups in total. The molecule has 0 unspecified atom stereocenters. The average molecular weight is 695 g/mol. The molecule has 1 aromatic heterocycles. The van der Waals surface area contributed by atoms with Gasteiger partial charge in [0.25, 0.3) is 0 Å². The number of aliphatic hydroxyl groups excluding tert-OH is 1. The first kappa shape index (κ1) is 34.7. The van der Waals surface area contributed by atoms with E-state index in [0.29, 0.717) is 29.6 Å². The summed E-state index contributed by atoms with van der Waals surface area (Å²) < 4.78 is 46.4. The Morgan fingerprint density at radius 2 is 1.94 bits per heavy atom. The zero-order chi connectivity index (χ0) is 34.5. The number of fused-ring (bicyclic) bond motifs is 2. The number of amides is 1. The third-order valence-corrected chi connectivity index (χ3v) is 10.6. The number of hydrogen-bond donors (Lipinski definition) is 4. The van der Waals surface area contributed by atoms with Crippen molar-refractivity contribution in [1.29, 1.82) is 0 Å². The minimum atomic E-state index is -4.15. The molecular formula is C34H42N6O8S. The molecule has 15 heteroatoms. The van der Waals surface area contributed by atoms with Crippen LogP contribution < -0.4 is 5.32 Å². The van der Waals surface area contributed by atoms with E-state index in [1.165, 1.54) is 22.7 Å². The van der Waals surface area contributed by atoms with E-state index < -0.39 is 34.4 Å². The van der Waals surface area contributed by atoms with Gasteiger partial charge < -0.3 is 34.7 Å². The van der Waals surface area contributed by atoms with Crippen molar-refractivity contribution in [2.75, 3.05) is 32.8 Å². The van der Waals surface area contributed by atoms with Gasteiger partial charge >= 0.3 is 6.09 Å². The summed E-state index contributed by atoms with van der Waals surface area (Å²) in [4.78, 5) is 28.6. The van der Waals surface area contributed by atoms with E-state index in [2.05, 4.69) is 25.3 Å². The van der Waals surface area contributed by atoms with Gasteiger partial charge in [-0.25, -0.2) is 13.2 Å². The van der Waals surface area contributed by atoms with Gasteiger partial charge in [0, 0.05) is 37.1 Å². The van der Waals surface area contributed by atoms with Gasteiger partial charge in [-0.1, -0.05) is 50.2 Å². The summed E-state index contributed by atoms with van der Waals surface area (Å²) in [5.74, 6) is -0.285. The number of hydrogen-bond acceptors (Lipinski definition) is 11. The van der Waals surface area contributed by atoms with Gasteiger partial charge in [0.15, 0.2) is 18.3 Å². The fraction of sp³-hybridized carbons (Fsp3) is 0.471. The van der Waals surface area contributed by atoms with Crippen molar-refractivity contribution < 1.29 is 37.6 Å². The molecule has 0 saturated carbocycles. The summed E-state index contributed by atoms with van der Waals surface area (Å²) in [5, 5.41) is 25.6. The number of benzene rings is 2. The van der Waals surface area contributed by atoms with Gasteiger partial charge in [-0.2, -0.15) is 4.31 Å². The number of nitrogens with one attached hydrogen (secondary N) is 2. The number of ether oxygens (including phenoxy) is 3. The van der Waals surface area contributed by atoms with Crippen molar-refractivity contribution in [3.63, 3.8) is 0 Å². The van der Waals surface area contributed by atoms with Crippen molar-refractivity contribution in [2.45, 2.75) is 62.3 Å². The molecule has 262 valence electrons. The molecule has 0 radical (unpaired) electrons. The highest BCUT2D eigenvalue weighted by molar-refractivity contribution is 7.89. The van der Waals surface area contributed by atoms with E-state index in [1.54, 1.807) is 18.5 Å². The SMILES string of the molecule is CC(C)CN(C[C@@H](O)[C@H](Cc1ccccc1)NC(=O)O[C@H]1CO[C@@H]2OCC[C@@H]21)S(=O)(=O)c1ccc2c(C=NCC3N=CC=N3)c(O)[nH]c2c1. The number of aliphatic hydroxyl groups is 1. The van der Waals surface area contributed by atoms with Crippen molar-refractivity contribution >= 4 is 45.7 Å². The Balaban J connectivity index is 1.20. The second-order valence-corrected chi connectivity index (χ2v) is 14.8. The van der Waals surface area contributed by atoms with Crippen LogP contribution in [-0.2, 0) is 30.7 Å². The number of aromatic amines is 1. The number of aromatic nitrogens is 1. The lowest BCUT2D eigenvalue weighted by Crippen LogP contribution is -2.51. The molecule has 2 aromatic carbocycles. The molecule has 49 heavy (non-hydrogen) atoms. The zero-order valence-electron chi connectivity index (χ0n) is 27.4. The number of aliphatic imine (C=N–C) groups is 3. The summed E-state index contributed by atoms with van der Waals surface area (Å²) in [6.07, 6.45) is 2.49. The summed E-state index contributed by atoms with van der Waals surface area (Å²) in [6, 6.07) is 13.0. The molecule has 3 aliphatic heterocycles. The summed E-state index contributed by atoms with van der Waals surface area (Å²) >= 11 is 0. The Labute approximate surface area is 285 Å². The highest BCUT2D eigenvalue weighted by atomic mass is 32.2. The van der Waals surface area contributed by atoms with Crippen molar-refractivity contribution in [1.82, 2.24) is 14.6 Å². The summed E-state index contributed by atoms with van der Waals surface area (Å²) in [5.41, 5.74) is 1.67. The molecule has 3 aliphatic rings. The van der Waals surface area contributed by atoms with Crippen LogP contribution in [0.3, 0.4) is 0 Å². The van der Waals surface area contributed by atoms with E-state index >= 15 is 0 Å². The molecule has 0 spiro atoms. The van der Waals surface area contributed by atoms with Crippen LogP contribution in [0.1, 0.15) is 31.4 Å². The predicted octanol–water partition coefficient (Wildman–Crippen LogP) is 2.88. The van der Waals surface area contributed by atoms with Crippen molar-refractivity contribution in [2.24, 2.45) is 26.8 Å². The molecule has 0 aliphatic carbocycles. The Kier molecular flexibility index (Phi) is 10.7. The summed E-state index contributed by atoms with van der Waals surface area (Å²) in [7, 11) is -4.15. The first-order valence-electron chi connectivity index (χ1n) is 16.4. The molecule has 3 aromatic rings. The molecule has 0 bridgehead atoms. The normalized spacial score (nSPS) is 22.1. The Morgan fingerprint density at radius 3 is 2.69 bits per heavy atom. The Morgan fingerprint density at radius 1 is 1.16 bits per heavy atom. The molecule has 2 fully saturated rings.